The van der Waals surface area contributed by atoms with Gasteiger partial charge in [-0.2, -0.15) is 0 Å². The first-order valence-electron chi connectivity index (χ1n) is 7.87. The molecule has 2 rings (SSSR count). The molecule has 0 spiro atoms. The molecule has 0 aliphatic carbocycles. The van der Waals surface area contributed by atoms with Gasteiger partial charge in [-0.25, -0.2) is 0 Å². The van der Waals surface area contributed by atoms with Gasteiger partial charge in [0.25, 0.3) is 0 Å². The average Bonchev–Trinajstić information content (AvgIpc) is 2.59. The van der Waals surface area contributed by atoms with Crippen molar-refractivity contribution in [2.45, 2.75) is 31.7 Å². The number of benzene rings is 1. The maximum Gasteiger partial charge on any atom is 0.223 e. The van der Waals surface area contributed by atoms with Crippen LogP contribution in [0.3, 0.4) is 0 Å². The van der Waals surface area contributed by atoms with Gasteiger partial charge in [0.15, 0.2) is 5.78 Å². The summed E-state index contributed by atoms with van der Waals surface area (Å²) in [7, 11) is 3.49. The van der Waals surface area contributed by atoms with Crippen LogP contribution in [0, 0.1) is 0 Å². The number of ether oxygens (including phenoxy) is 1. The molecule has 0 saturated carbocycles. The molecule has 0 unspecified atom stereocenters. The predicted molar refractivity (Wildman–Crippen MR) is 92.9 cm³/mol. The maximum atomic E-state index is 12.4. The number of carbonyl (C=O) groups is 2. The Morgan fingerprint density at radius 2 is 2.00 bits per heavy atom. The van der Waals surface area contributed by atoms with Crippen LogP contribution >= 0.6 is 15.9 Å². The zero-order chi connectivity index (χ0) is 16.8. The third kappa shape index (κ3) is 4.78. The fourth-order valence-electron chi connectivity index (χ4n) is 2.83. The van der Waals surface area contributed by atoms with Gasteiger partial charge in [0.2, 0.25) is 5.91 Å². The Balaban J connectivity index is 1.89. The highest BCUT2D eigenvalue weighted by Gasteiger charge is 2.22. The SMILES string of the molecule is CNC1CCN(C(=O)CCC(=O)c2cc(Br)ccc2OC)CC1. The number of amides is 1. The molecule has 23 heavy (non-hydrogen) atoms. The van der Waals surface area contributed by atoms with Crippen molar-refractivity contribution in [3.8, 4) is 5.75 Å². The normalized spacial score (nSPS) is 15.5. The van der Waals surface area contributed by atoms with Crippen molar-refractivity contribution in [3.63, 3.8) is 0 Å². The standard InChI is InChI=1S/C17H23BrN2O3/c1-19-13-7-9-20(10-8-13)17(22)6-4-15(21)14-11-12(18)3-5-16(14)23-2/h3,5,11,13,19H,4,6-10H2,1-2H3. The van der Waals surface area contributed by atoms with Crippen LogP contribution in [0.1, 0.15) is 36.0 Å². The summed E-state index contributed by atoms with van der Waals surface area (Å²) in [5.74, 6) is 0.531. The van der Waals surface area contributed by atoms with Gasteiger partial charge in [0.1, 0.15) is 5.75 Å². The molecule has 6 heteroatoms. The summed E-state index contributed by atoms with van der Waals surface area (Å²) in [5, 5.41) is 3.24. The summed E-state index contributed by atoms with van der Waals surface area (Å²) < 4.78 is 6.05. The highest BCUT2D eigenvalue weighted by Crippen LogP contribution is 2.24. The van der Waals surface area contributed by atoms with Crippen molar-refractivity contribution in [1.82, 2.24) is 10.2 Å². The lowest BCUT2D eigenvalue weighted by Crippen LogP contribution is -2.44. The molecular formula is C17H23BrN2O3. The van der Waals surface area contributed by atoms with Crippen molar-refractivity contribution >= 4 is 27.6 Å². The average molecular weight is 383 g/mol. The van der Waals surface area contributed by atoms with E-state index in [0.29, 0.717) is 17.4 Å². The molecule has 0 bridgehead atoms. The zero-order valence-electron chi connectivity index (χ0n) is 13.6. The lowest BCUT2D eigenvalue weighted by atomic mass is 10.0. The summed E-state index contributed by atoms with van der Waals surface area (Å²) in [6.07, 6.45) is 2.39. The van der Waals surface area contributed by atoms with Crippen LogP contribution in [0.4, 0.5) is 0 Å². The van der Waals surface area contributed by atoms with Crippen molar-refractivity contribution in [3.05, 3.63) is 28.2 Å². The molecule has 5 nitrogen and oxygen atoms in total. The largest absolute Gasteiger partial charge is 0.496 e. The van der Waals surface area contributed by atoms with E-state index >= 15 is 0 Å². The van der Waals surface area contributed by atoms with Crippen LogP contribution in [0.15, 0.2) is 22.7 Å². The van der Waals surface area contributed by atoms with Crippen LogP contribution in [-0.2, 0) is 4.79 Å². The second kappa shape index (κ2) is 8.45. The molecule has 1 amide bonds. The molecule has 1 aromatic carbocycles. The smallest absolute Gasteiger partial charge is 0.223 e. The topological polar surface area (TPSA) is 58.6 Å². The zero-order valence-corrected chi connectivity index (χ0v) is 15.2. The highest BCUT2D eigenvalue weighted by molar-refractivity contribution is 9.10. The van der Waals surface area contributed by atoms with Crippen LogP contribution in [0.25, 0.3) is 0 Å². The second-order valence-corrected chi connectivity index (χ2v) is 6.63. The number of hydrogen-bond donors (Lipinski definition) is 1. The van der Waals surface area contributed by atoms with Crippen molar-refractivity contribution in [2.24, 2.45) is 0 Å². The third-order valence-corrected chi connectivity index (χ3v) is 4.78. The van der Waals surface area contributed by atoms with Gasteiger partial charge in [-0.15, -0.1) is 0 Å². The van der Waals surface area contributed by atoms with E-state index < -0.39 is 0 Å². The van der Waals surface area contributed by atoms with Crippen molar-refractivity contribution in [1.29, 1.82) is 0 Å². The van der Waals surface area contributed by atoms with Crippen LogP contribution < -0.4 is 10.1 Å². The molecular weight excluding hydrogens is 360 g/mol. The number of likely N-dealkylation sites (tertiary alicyclic amines) is 1. The minimum absolute atomic E-state index is 0.0573. The molecule has 1 heterocycles. The minimum Gasteiger partial charge on any atom is -0.496 e. The van der Waals surface area contributed by atoms with E-state index in [1.165, 1.54) is 7.11 Å². The maximum absolute atomic E-state index is 12.4. The third-order valence-electron chi connectivity index (χ3n) is 4.28. The number of nitrogens with one attached hydrogen (secondary N) is 1. The highest BCUT2D eigenvalue weighted by atomic mass is 79.9. The predicted octanol–water partition coefficient (Wildman–Crippen LogP) is 2.63. The summed E-state index contributed by atoms with van der Waals surface area (Å²) in [6.45, 7) is 1.53. The van der Waals surface area contributed by atoms with Gasteiger partial charge in [-0.1, -0.05) is 15.9 Å². The quantitative estimate of drug-likeness (QED) is 0.768. The molecule has 126 valence electrons. The summed E-state index contributed by atoms with van der Waals surface area (Å²) >= 11 is 3.36. The van der Waals surface area contributed by atoms with Crippen molar-refractivity contribution < 1.29 is 14.3 Å². The van der Waals surface area contributed by atoms with Gasteiger partial charge >= 0.3 is 0 Å². The van der Waals surface area contributed by atoms with E-state index in [1.54, 1.807) is 12.1 Å². The molecule has 1 fully saturated rings. The van der Waals surface area contributed by atoms with Gasteiger partial charge < -0.3 is 15.0 Å². The van der Waals surface area contributed by atoms with Gasteiger partial charge in [-0.3, -0.25) is 9.59 Å². The molecule has 1 aliphatic rings. The van der Waals surface area contributed by atoms with Crippen LogP contribution in [0.5, 0.6) is 5.75 Å². The summed E-state index contributed by atoms with van der Waals surface area (Å²) in [5.41, 5.74) is 0.517. The fraction of sp³-hybridized carbons (Fsp3) is 0.529. The first-order valence-corrected chi connectivity index (χ1v) is 8.66. The lowest BCUT2D eigenvalue weighted by Gasteiger charge is -2.31. The monoisotopic (exact) mass is 382 g/mol. The molecule has 0 radical (unpaired) electrons. The number of carbonyl (C=O) groups excluding carboxylic acids is 2. The number of rotatable bonds is 6. The molecule has 1 N–H and O–H groups in total. The van der Waals surface area contributed by atoms with E-state index in [1.807, 2.05) is 18.0 Å². The first-order chi connectivity index (χ1) is 11.0. The number of hydrogen-bond acceptors (Lipinski definition) is 4. The molecule has 1 saturated heterocycles. The van der Waals surface area contributed by atoms with E-state index in [-0.39, 0.29) is 24.5 Å². The number of nitrogens with zero attached hydrogens (tertiary/aromatic N) is 1. The first kappa shape index (κ1) is 17.9. The van der Waals surface area contributed by atoms with Crippen LogP contribution in [-0.4, -0.2) is 49.9 Å². The van der Waals surface area contributed by atoms with Gasteiger partial charge in [-0.05, 0) is 38.1 Å². The molecule has 0 atom stereocenters. The number of ketones is 1. The number of piperidine rings is 1. The molecule has 1 aromatic rings. The van der Waals surface area contributed by atoms with E-state index in [2.05, 4.69) is 21.2 Å². The number of Topliss-reactive ketones (excluding diaryl/α,β-unsaturated/α-hetero) is 1. The Labute approximate surface area is 145 Å². The Hall–Kier alpha value is -1.40. The van der Waals surface area contributed by atoms with Crippen LogP contribution in [0.2, 0.25) is 0 Å². The van der Waals surface area contributed by atoms with E-state index in [0.717, 1.165) is 30.4 Å². The number of methoxy groups -OCH3 is 1. The van der Waals surface area contributed by atoms with E-state index in [4.69, 9.17) is 4.74 Å². The second-order valence-electron chi connectivity index (χ2n) is 5.71. The van der Waals surface area contributed by atoms with Crippen molar-refractivity contribution in [2.75, 3.05) is 27.2 Å². The van der Waals surface area contributed by atoms with E-state index in [9.17, 15) is 9.59 Å². The Morgan fingerprint density at radius 3 is 2.61 bits per heavy atom. The fourth-order valence-corrected chi connectivity index (χ4v) is 3.19. The Bertz CT molecular complexity index is 569. The molecule has 0 aromatic heterocycles. The lowest BCUT2D eigenvalue weighted by molar-refractivity contribution is -0.132. The molecule has 1 aliphatic heterocycles. The Kier molecular flexibility index (Phi) is 6.59. The minimum atomic E-state index is -0.0680. The summed E-state index contributed by atoms with van der Waals surface area (Å²) in [4.78, 5) is 26.5. The Morgan fingerprint density at radius 1 is 1.30 bits per heavy atom. The number of halogens is 1. The van der Waals surface area contributed by atoms with Gasteiger partial charge in [0.05, 0.1) is 12.7 Å². The van der Waals surface area contributed by atoms with Gasteiger partial charge in [0, 0.05) is 36.4 Å². The summed E-state index contributed by atoms with van der Waals surface area (Å²) in [6, 6.07) is 5.81.